The molecule has 0 aromatic heterocycles. The van der Waals surface area contributed by atoms with E-state index in [1.54, 1.807) is 24.3 Å². The van der Waals surface area contributed by atoms with Gasteiger partial charge in [0, 0.05) is 0 Å². The highest BCUT2D eigenvalue weighted by molar-refractivity contribution is 6.02. The molecule has 4 heteroatoms. The molecule has 1 rings (SSSR count). The summed E-state index contributed by atoms with van der Waals surface area (Å²) in [6, 6.07) is 6.71. The third-order valence-corrected chi connectivity index (χ3v) is 1.48. The van der Waals surface area contributed by atoms with Crippen LogP contribution in [0.5, 0.6) is 5.75 Å². The Hall–Kier alpha value is -1.29. The van der Waals surface area contributed by atoms with Crippen LogP contribution in [0.2, 0.25) is 0 Å². The molecule has 3 radical (unpaired) electrons. The fourth-order valence-corrected chi connectivity index (χ4v) is 0.937. The van der Waals surface area contributed by atoms with Gasteiger partial charge in [-0.15, -0.1) is 0 Å². The minimum atomic E-state index is -0.501. The minimum absolute atomic E-state index is 0.363. The van der Waals surface area contributed by atoms with E-state index in [0.29, 0.717) is 11.3 Å². The van der Waals surface area contributed by atoms with Crippen molar-refractivity contribution in [2.45, 2.75) is 0 Å². The number of hydrogen-bond donors (Lipinski definition) is 1. The van der Waals surface area contributed by atoms with Crippen molar-refractivity contribution in [2.24, 2.45) is 5.73 Å². The maximum atomic E-state index is 10.7. The first-order valence-corrected chi connectivity index (χ1v) is 3.39. The largest absolute Gasteiger partial charge is 0.540 e. The Morgan fingerprint density at radius 1 is 1.45 bits per heavy atom. The number of para-hydroxylation sites is 1. The highest BCUT2D eigenvalue weighted by Crippen LogP contribution is 2.15. The van der Waals surface area contributed by atoms with Crippen molar-refractivity contribution >= 4 is 16.4 Å². The highest BCUT2D eigenvalue weighted by atomic mass is 28.2. The van der Waals surface area contributed by atoms with Crippen LogP contribution in [0.1, 0.15) is 10.4 Å². The van der Waals surface area contributed by atoms with Crippen LogP contribution < -0.4 is 10.2 Å². The van der Waals surface area contributed by atoms with E-state index in [2.05, 4.69) is 10.5 Å². The third-order valence-electron chi connectivity index (χ3n) is 1.26. The van der Waals surface area contributed by atoms with Gasteiger partial charge in [-0.25, -0.2) is 0 Å². The molecule has 11 heavy (non-hydrogen) atoms. The monoisotopic (exact) mass is 164 g/mol. The summed E-state index contributed by atoms with van der Waals surface area (Å²) >= 11 is 0. The Labute approximate surface area is 67.7 Å². The zero-order valence-corrected chi connectivity index (χ0v) is 6.70. The number of hydrogen-bond acceptors (Lipinski definition) is 2. The van der Waals surface area contributed by atoms with Crippen LogP contribution in [0.25, 0.3) is 0 Å². The lowest BCUT2D eigenvalue weighted by Crippen LogP contribution is -2.12. The van der Waals surface area contributed by atoms with Gasteiger partial charge in [-0.3, -0.25) is 4.79 Å². The molecule has 0 aliphatic carbocycles. The predicted molar refractivity (Wildman–Crippen MR) is 41.3 cm³/mol. The first kappa shape index (κ1) is 7.81. The lowest BCUT2D eigenvalue weighted by molar-refractivity contribution is 0.0999. The van der Waals surface area contributed by atoms with Crippen molar-refractivity contribution in [2.75, 3.05) is 0 Å². The zero-order valence-electron chi connectivity index (χ0n) is 5.70. The van der Waals surface area contributed by atoms with Crippen molar-refractivity contribution in [3.63, 3.8) is 0 Å². The van der Waals surface area contributed by atoms with Gasteiger partial charge < -0.3 is 10.2 Å². The molecule has 0 saturated carbocycles. The lowest BCUT2D eigenvalue weighted by Gasteiger charge is -2.02. The second kappa shape index (κ2) is 3.20. The molecule has 1 aromatic carbocycles. The average Bonchev–Trinajstić information content (AvgIpc) is 2.04. The molecule has 1 amide bonds. The van der Waals surface area contributed by atoms with Gasteiger partial charge >= 0.3 is 10.5 Å². The number of rotatable bonds is 2. The molecule has 0 aliphatic rings. The number of benzene rings is 1. The summed E-state index contributed by atoms with van der Waals surface area (Å²) in [4.78, 5) is 10.7. The molecule has 3 nitrogen and oxygen atoms in total. The first-order chi connectivity index (χ1) is 5.25. The van der Waals surface area contributed by atoms with Crippen LogP contribution in [0.4, 0.5) is 0 Å². The second-order valence-corrected chi connectivity index (χ2v) is 2.17. The van der Waals surface area contributed by atoms with Crippen molar-refractivity contribution in [1.29, 1.82) is 0 Å². The minimum Gasteiger partial charge on any atom is -0.540 e. The van der Waals surface area contributed by atoms with E-state index in [9.17, 15) is 4.79 Å². The average molecular weight is 164 g/mol. The number of carbonyl (C=O) groups excluding carboxylic acids is 1. The van der Waals surface area contributed by atoms with Crippen LogP contribution >= 0.6 is 0 Å². The number of nitrogens with two attached hydrogens (primary N) is 1. The van der Waals surface area contributed by atoms with Crippen LogP contribution in [-0.2, 0) is 0 Å². The van der Waals surface area contributed by atoms with Crippen LogP contribution in [-0.4, -0.2) is 16.4 Å². The zero-order chi connectivity index (χ0) is 8.27. The Morgan fingerprint density at radius 3 is 2.55 bits per heavy atom. The Morgan fingerprint density at radius 2 is 2.09 bits per heavy atom. The van der Waals surface area contributed by atoms with E-state index in [4.69, 9.17) is 10.2 Å². The van der Waals surface area contributed by atoms with Gasteiger partial charge in [0.05, 0.1) is 5.56 Å². The van der Waals surface area contributed by atoms with Crippen molar-refractivity contribution < 1.29 is 9.22 Å². The molecule has 2 N–H and O–H groups in total. The van der Waals surface area contributed by atoms with Gasteiger partial charge in [-0.05, 0) is 12.1 Å². The summed E-state index contributed by atoms with van der Waals surface area (Å²) in [5.74, 6) is -0.0736. The predicted octanol–water partition coefficient (Wildman–Crippen LogP) is 0.248. The molecule has 0 fully saturated rings. The Kier molecular flexibility index (Phi) is 2.27. The normalized spacial score (nSPS) is 9.18. The number of primary amides is 1. The Bertz CT molecular complexity index is 275. The quantitative estimate of drug-likeness (QED) is 0.637. The molecule has 0 atom stereocenters. The van der Waals surface area contributed by atoms with Crippen molar-refractivity contribution in [3.05, 3.63) is 29.8 Å². The van der Waals surface area contributed by atoms with E-state index >= 15 is 0 Å². The van der Waals surface area contributed by atoms with Crippen LogP contribution in [0, 0.1) is 0 Å². The van der Waals surface area contributed by atoms with Crippen molar-refractivity contribution in [1.82, 2.24) is 0 Å². The third kappa shape index (κ3) is 1.59. The van der Waals surface area contributed by atoms with Gasteiger partial charge in [-0.2, -0.15) is 0 Å². The smallest absolute Gasteiger partial charge is 0.341 e. The fourth-order valence-electron chi connectivity index (χ4n) is 0.759. The fraction of sp³-hybridized carbons (Fsp3) is 0. The molecule has 0 heterocycles. The molecular formula is C7H6NO2Si. The molecule has 0 saturated heterocycles. The first-order valence-electron chi connectivity index (χ1n) is 2.98. The summed E-state index contributed by atoms with van der Waals surface area (Å²) in [7, 11) is 2.82. The van der Waals surface area contributed by atoms with Gasteiger partial charge in [0.25, 0.3) is 5.91 Å². The summed E-state index contributed by atoms with van der Waals surface area (Å²) in [5.41, 5.74) is 5.41. The highest BCUT2D eigenvalue weighted by Gasteiger charge is 2.05. The Balaban J connectivity index is 3.12. The maximum Gasteiger partial charge on any atom is 0.341 e. The van der Waals surface area contributed by atoms with Gasteiger partial charge in [0.1, 0.15) is 5.75 Å². The van der Waals surface area contributed by atoms with Gasteiger partial charge in [0.15, 0.2) is 0 Å². The van der Waals surface area contributed by atoms with Gasteiger partial charge in [0.2, 0.25) is 0 Å². The summed E-state index contributed by atoms with van der Waals surface area (Å²) < 4.78 is 4.71. The van der Waals surface area contributed by atoms with E-state index in [0.717, 1.165) is 0 Å². The number of amides is 1. The number of carbonyl (C=O) groups is 1. The van der Waals surface area contributed by atoms with E-state index < -0.39 is 5.91 Å². The van der Waals surface area contributed by atoms with E-state index in [1.165, 1.54) is 0 Å². The maximum absolute atomic E-state index is 10.7. The van der Waals surface area contributed by atoms with Crippen molar-refractivity contribution in [3.8, 4) is 5.75 Å². The van der Waals surface area contributed by atoms with Gasteiger partial charge in [-0.1, -0.05) is 12.1 Å². The van der Waals surface area contributed by atoms with Crippen LogP contribution in [0.15, 0.2) is 24.3 Å². The second-order valence-electron chi connectivity index (χ2n) is 1.96. The van der Waals surface area contributed by atoms with E-state index in [-0.39, 0.29) is 0 Å². The standard InChI is InChI=1S/C7H6NO2Si/c8-7(9)5-3-1-2-4-6(5)10-11/h1-4H,(H2,8,9). The SMILES string of the molecule is NC(=O)c1ccccc1O[Si]. The summed E-state index contributed by atoms with van der Waals surface area (Å²) in [6.45, 7) is 0. The summed E-state index contributed by atoms with van der Waals surface area (Å²) in [5, 5.41) is 0. The topological polar surface area (TPSA) is 52.3 Å². The summed E-state index contributed by atoms with van der Waals surface area (Å²) in [6.07, 6.45) is 0. The molecule has 0 aliphatic heterocycles. The molecule has 0 bridgehead atoms. The van der Waals surface area contributed by atoms with Crippen LogP contribution in [0.3, 0.4) is 0 Å². The molecule has 55 valence electrons. The molecule has 1 aromatic rings. The molecule has 0 spiro atoms. The molecular weight excluding hydrogens is 158 g/mol. The van der Waals surface area contributed by atoms with E-state index in [1.807, 2.05) is 0 Å². The lowest BCUT2D eigenvalue weighted by atomic mass is 10.2. The molecule has 0 unspecified atom stereocenters.